The van der Waals surface area contributed by atoms with Crippen molar-refractivity contribution in [2.24, 2.45) is 0 Å². The van der Waals surface area contributed by atoms with Crippen molar-refractivity contribution < 1.29 is 23.9 Å². The number of hydrogen-bond acceptors (Lipinski definition) is 5. The molecule has 0 saturated carbocycles. The summed E-state index contributed by atoms with van der Waals surface area (Å²) in [5.74, 6) is 0.208. The quantitative estimate of drug-likeness (QED) is 0.587. The van der Waals surface area contributed by atoms with Crippen molar-refractivity contribution >= 4 is 17.7 Å². The van der Waals surface area contributed by atoms with Crippen LogP contribution in [0.15, 0.2) is 48.5 Å². The summed E-state index contributed by atoms with van der Waals surface area (Å²) in [6, 6.07) is 13.4. The molecule has 146 valence electrons. The number of nitrogens with zero attached hydrogens (tertiary/aromatic N) is 1. The van der Waals surface area contributed by atoms with E-state index >= 15 is 0 Å². The van der Waals surface area contributed by atoms with Gasteiger partial charge < -0.3 is 14.8 Å². The standard InChI is InChI=1S/C21H22N2O5/c1-21(12-14-8-4-6-10-17(14)27-2)19(25)23(20(26)22-21)13-16(24)15-9-5-7-11-18(15)28-3/h4-11H,12-13H2,1-3H3,(H,22,26)/t21-/m0/s1. The predicted octanol–water partition coefficient (Wildman–Crippen LogP) is 2.44. The molecule has 2 aromatic carbocycles. The molecule has 1 saturated heterocycles. The van der Waals surface area contributed by atoms with Crippen molar-refractivity contribution in [3.8, 4) is 11.5 Å². The summed E-state index contributed by atoms with van der Waals surface area (Å²) >= 11 is 0. The van der Waals surface area contributed by atoms with Crippen LogP contribution in [0.5, 0.6) is 11.5 Å². The summed E-state index contributed by atoms with van der Waals surface area (Å²) in [5, 5.41) is 2.71. The van der Waals surface area contributed by atoms with E-state index in [0.717, 1.165) is 10.5 Å². The molecule has 0 aromatic heterocycles. The molecule has 0 bridgehead atoms. The Balaban J connectivity index is 1.80. The Morgan fingerprint density at radius 1 is 1.00 bits per heavy atom. The first-order valence-corrected chi connectivity index (χ1v) is 8.82. The Bertz CT molecular complexity index is 927. The third-order valence-corrected chi connectivity index (χ3v) is 4.79. The van der Waals surface area contributed by atoms with Gasteiger partial charge in [-0.05, 0) is 30.7 Å². The number of carbonyl (C=O) groups excluding carboxylic acids is 3. The largest absolute Gasteiger partial charge is 0.496 e. The fraction of sp³-hybridized carbons (Fsp3) is 0.286. The molecular weight excluding hydrogens is 360 g/mol. The maximum Gasteiger partial charge on any atom is 0.325 e. The Morgan fingerprint density at radius 2 is 1.61 bits per heavy atom. The minimum atomic E-state index is -1.16. The number of methoxy groups -OCH3 is 2. The SMILES string of the molecule is COc1ccccc1C[C@]1(C)NC(=O)N(CC(=O)c2ccccc2OC)C1=O. The number of rotatable bonds is 7. The average Bonchev–Trinajstić information content (AvgIpc) is 2.91. The summed E-state index contributed by atoms with van der Waals surface area (Å²) in [4.78, 5) is 39.0. The van der Waals surface area contributed by atoms with Gasteiger partial charge in [0.1, 0.15) is 17.0 Å². The Labute approximate surface area is 163 Å². The number of ketones is 1. The number of para-hydroxylation sites is 2. The van der Waals surface area contributed by atoms with Gasteiger partial charge in [-0.25, -0.2) is 4.79 Å². The molecule has 1 atom stereocenters. The first kappa shape index (κ1) is 19.4. The van der Waals surface area contributed by atoms with Crippen LogP contribution in [-0.4, -0.2) is 48.9 Å². The van der Waals surface area contributed by atoms with E-state index in [-0.39, 0.29) is 18.7 Å². The minimum absolute atomic E-state index is 0.251. The topological polar surface area (TPSA) is 84.9 Å². The molecule has 0 unspecified atom stereocenters. The van der Waals surface area contributed by atoms with E-state index < -0.39 is 17.5 Å². The average molecular weight is 382 g/mol. The molecule has 3 amide bonds. The summed E-state index contributed by atoms with van der Waals surface area (Å²) in [5.41, 5.74) is -0.0461. The highest BCUT2D eigenvalue weighted by atomic mass is 16.5. The third kappa shape index (κ3) is 3.55. The second-order valence-electron chi connectivity index (χ2n) is 6.77. The molecule has 7 heteroatoms. The normalized spacial score (nSPS) is 18.8. The fourth-order valence-corrected chi connectivity index (χ4v) is 3.34. The van der Waals surface area contributed by atoms with Crippen LogP contribution in [0.2, 0.25) is 0 Å². The van der Waals surface area contributed by atoms with Crippen LogP contribution in [0.4, 0.5) is 4.79 Å². The minimum Gasteiger partial charge on any atom is -0.496 e. The monoisotopic (exact) mass is 382 g/mol. The van der Waals surface area contributed by atoms with Crippen LogP contribution in [0, 0.1) is 0 Å². The summed E-state index contributed by atoms with van der Waals surface area (Å²) < 4.78 is 10.5. The Kier molecular flexibility index (Phi) is 5.35. The first-order chi connectivity index (χ1) is 13.4. The molecule has 2 aromatic rings. The Hall–Kier alpha value is -3.35. The fourth-order valence-electron chi connectivity index (χ4n) is 3.34. The van der Waals surface area contributed by atoms with Crippen LogP contribution in [0.25, 0.3) is 0 Å². The molecule has 1 N–H and O–H groups in total. The van der Waals surface area contributed by atoms with Crippen molar-refractivity contribution in [3.63, 3.8) is 0 Å². The lowest BCUT2D eigenvalue weighted by atomic mass is 9.92. The van der Waals surface area contributed by atoms with Crippen LogP contribution < -0.4 is 14.8 Å². The van der Waals surface area contributed by atoms with Crippen LogP contribution in [-0.2, 0) is 11.2 Å². The van der Waals surface area contributed by atoms with E-state index in [0.29, 0.717) is 17.1 Å². The zero-order valence-corrected chi connectivity index (χ0v) is 16.0. The number of imide groups is 1. The molecule has 1 aliphatic heterocycles. The smallest absolute Gasteiger partial charge is 0.325 e. The molecular formula is C21H22N2O5. The van der Waals surface area contributed by atoms with E-state index in [1.807, 2.05) is 18.2 Å². The molecule has 0 spiro atoms. The van der Waals surface area contributed by atoms with E-state index in [9.17, 15) is 14.4 Å². The summed E-state index contributed by atoms with van der Waals surface area (Å²) in [6.45, 7) is 1.29. The molecule has 1 heterocycles. The zero-order chi connectivity index (χ0) is 20.3. The number of amides is 3. The molecule has 0 radical (unpaired) electrons. The first-order valence-electron chi connectivity index (χ1n) is 8.82. The van der Waals surface area contributed by atoms with Crippen LogP contribution >= 0.6 is 0 Å². The molecule has 1 fully saturated rings. The lowest BCUT2D eigenvalue weighted by Gasteiger charge is -2.22. The number of Topliss-reactive ketones (excluding diaryl/α,β-unsaturated/α-hetero) is 1. The second kappa shape index (κ2) is 7.72. The lowest BCUT2D eigenvalue weighted by molar-refractivity contribution is -0.130. The molecule has 1 aliphatic rings. The van der Waals surface area contributed by atoms with Gasteiger partial charge in [-0.3, -0.25) is 14.5 Å². The number of urea groups is 1. The summed E-state index contributed by atoms with van der Waals surface area (Å²) in [6.07, 6.45) is 0.251. The maximum absolute atomic E-state index is 13.0. The van der Waals surface area contributed by atoms with Crippen molar-refractivity contribution in [2.75, 3.05) is 20.8 Å². The number of nitrogens with one attached hydrogen (secondary N) is 1. The van der Waals surface area contributed by atoms with E-state index in [1.165, 1.54) is 7.11 Å². The number of hydrogen-bond donors (Lipinski definition) is 1. The molecule has 0 aliphatic carbocycles. The van der Waals surface area contributed by atoms with Gasteiger partial charge in [0.25, 0.3) is 5.91 Å². The molecule has 7 nitrogen and oxygen atoms in total. The van der Waals surface area contributed by atoms with Crippen molar-refractivity contribution in [1.29, 1.82) is 0 Å². The van der Waals surface area contributed by atoms with E-state index in [1.54, 1.807) is 44.4 Å². The van der Waals surface area contributed by atoms with Crippen molar-refractivity contribution in [3.05, 3.63) is 59.7 Å². The van der Waals surface area contributed by atoms with Gasteiger partial charge in [0.2, 0.25) is 0 Å². The van der Waals surface area contributed by atoms with Crippen molar-refractivity contribution in [2.45, 2.75) is 18.9 Å². The predicted molar refractivity (Wildman–Crippen MR) is 103 cm³/mol. The van der Waals surface area contributed by atoms with Gasteiger partial charge in [-0.1, -0.05) is 30.3 Å². The van der Waals surface area contributed by atoms with Gasteiger partial charge in [0.05, 0.1) is 26.3 Å². The number of benzene rings is 2. The zero-order valence-electron chi connectivity index (χ0n) is 16.0. The molecule has 3 rings (SSSR count). The van der Waals surface area contributed by atoms with Gasteiger partial charge >= 0.3 is 6.03 Å². The maximum atomic E-state index is 13.0. The van der Waals surface area contributed by atoms with Crippen molar-refractivity contribution in [1.82, 2.24) is 10.2 Å². The van der Waals surface area contributed by atoms with Crippen LogP contribution in [0.1, 0.15) is 22.8 Å². The number of carbonyl (C=O) groups is 3. The van der Waals surface area contributed by atoms with E-state index in [4.69, 9.17) is 9.47 Å². The second-order valence-corrected chi connectivity index (χ2v) is 6.77. The van der Waals surface area contributed by atoms with E-state index in [2.05, 4.69) is 5.32 Å². The van der Waals surface area contributed by atoms with Crippen LogP contribution in [0.3, 0.4) is 0 Å². The highest BCUT2D eigenvalue weighted by molar-refractivity contribution is 6.11. The highest BCUT2D eigenvalue weighted by Gasteiger charge is 2.48. The highest BCUT2D eigenvalue weighted by Crippen LogP contribution is 2.28. The summed E-state index contributed by atoms with van der Waals surface area (Å²) in [7, 11) is 3.01. The Morgan fingerprint density at radius 3 is 2.29 bits per heavy atom. The lowest BCUT2D eigenvalue weighted by Crippen LogP contribution is -2.46. The van der Waals surface area contributed by atoms with Gasteiger partial charge in [0.15, 0.2) is 5.78 Å². The molecule has 28 heavy (non-hydrogen) atoms. The third-order valence-electron chi connectivity index (χ3n) is 4.79. The number of ether oxygens (including phenoxy) is 2. The van der Waals surface area contributed by atoms with Gasteiger partial charge in [-0.2, -0.15) is 0 Å². The van der Waals surface area contributed by atoms with Gasteiger partial charge in [0, 0.05) is 6.42 Å². The van der Waals surface area contributed by atoms with Gasteiger partial charge in [-0.15, -0.1) is 0 Å².